The number of ether oxygens (including phenoxy) is 1. The Morgan fingerprint density at radius 2 is 1.92 bits per heavy atom. The molecule has 0 atom stereocenters. The molecule has 2 amide bonds. The van der Waals surface area contributed by atoms with Crippen LogP contribution in [-0.2, 0) is 4.79 Å². The lowest BCUT2D eigenvalue weighted by Crippen LogP contribution is -2.43. The van der Waals surface area contributed by atoms with Crippen molar-refractivity contribution < 1.29 is 18.7 Å². The summed E-state index contributed by atoms with van der Waals surface area (Å²) in [7, 11) is 0. The van der Waals surface area contributed by atoms with Crippen molar-refractivity contribution in [3.63, 3.8) is 0 Å². The van der Waals surface area contributed by atoms with E-state index in [1.807, 2.05) is 13.8 Å². The first kappa shape index (κ1) is 16.0. The molecule has 2 aromatic rings. The van der Waals surface area contributed by atoms with E-state index in [-0.39, 0.29) is 24.5 Å². The summed E-state index contributed by atoms with van der Waals surface area (Å²) in [5.41, 5.74) is 1.51. The number of halogens is 1. The maximum Gasteiger partial charge on any atom is 0.265 e. The highest BCUT2D eigenvalue weighted by atomic mass is 19.1. The average molecular weight is 328 g/mol. The molecular weight excluding hydrogens is 311 g/mol. The van der Waals surface area contributed by atoms with Crippen LogP contribution >= 0.6 is 0 Å². The summed E-state index contributed by atoms with van der Waals surface area (Å²) >= 11 is 0. The third-order valence-electron chi connectivity index (χ3n) is 3.72. The first-order chi connectivity index (χ1) is 11.5. The number of carbonyl (C=O) groups is 2. The predicted octanol–water partition coefficient (Wildman–Crippen LogP) is 3.21. The van der Waals surface area contributed by atoms with Gasteiger partial charge in [-0.05, 0) is 56.3 Å². The van der Waals surface area contributed by atoms with E-state index in [1.165, 1.54) is 24.3 Å². The van der Waals surface area contributed by atoms with Crippen LogP contribution in [0.5, 0.6) is 5.75 Å². The van der Waals surface area contributed by atoms with Crippen LogP contribution < -0.4 is 15.0 Å². The molecular formula is C18H17FN2O3. The van der Waals surface area contributed by atoms with Crippen molar-refractivity contribution in [1.82, 2.24) is 0 Å². The summed E-state index contributed by atoms with van der Waals surface area (Å²) in [6.45, 7) is 3.83. The van der Waals surface area contributed by atoms with E-state index in [4.69, 9.17) is 4.74 Å². The molecule has 24 heavy (non-hydrogen) atoms. The first-order valence-electron chi connectivity index (χ1n) is 7.61. The van der Waals surface area contributed by atoms with Gasteiger partial charge in [-0.15, -0.1) is 0 Å². The molecule has 0 radical (unpaired) electrons. The van der Waals surface area contributed by atoms with Crippen LogP contribution in [0, 0.1) is 5.82 Å². The van der Waals surface area contributed by atoms with E-state index in [1.54, 1.807) is 23.1 Å². The van der Waals surface area contributed by atoms with Crippen molar-refractivity contribution in [1.29, 1.82) is 0 Å². The molecule has 0 unspecified atom stereocenters. The Morgan fingerprint density at radius 1 is 1.21 bits per heavy atom. The van der Waals surface area contributed by atoms with Gasteiger partial charge in [0, 0.05) is 17.3 Å². The minimum absolute atomic E-state index is 0.00641. The molecule has 0 aliphatic carbocycles. The quantitative estimate of drug-likeness (QED) is 0.941. The fraction of sp³-hybridized carbons (Fsp3) is 0.222. The Bertz CT molecular complexity index is 787. The number of carbonyl (C=O) groups excluding carboxylic acids is 2. The molecule has 2 aromatic carbocycles. The SMILES string of the molecule is CC(C)N1C(=O)COc2ccc(NC(=O)c3ccc(F)cc3)cc21. The Labute approximate surface area is 139 Å². The van der Waals surface area contributed by atoms with Gasteiger partial charge in [0.05, 0.1) is 5.69 Å². The lowest BCUT2D eigenvalue weighted by atomic mass is 10.1. The Balaban J connectivity index is 1.86. The molecule has 5 nitrogen and oxygen atoms in total. The van der Waals surface area contributed by atoms with Crippen LogP contribution in [0.15, 0.2) is 42.5 Å². The molecule has 0 saturated heterocycles. The van der Waals surface area contributed by atoms with Crippen molar-refractivity contribution >= 4 is 23.2 Å². The lowest BCUT2D eigenvalue weighted by Gasteiger charge is -2.32. The van der Waals surface area contributed by atoms with E-state index >= 15 is 0 Å². The summed E-state index contributed by atoms with van der Waals surface area (Å²) in [6.07, 6.45) is 0. The van der Waals surface area contributed by atoms with Gasteiger partial charge in [-0.1, -0.05) is 0 Å². The van der Waals surface area contributed by atoms with Gasteiger partial charge in [0.25, 0.3) is 11.8 Å². The average Bonchev–Trinajstić information content (AvgIpc) is 2.54. The van der Waals surface area contributed by atoms with E-state index in [0.717, 1.165) is 0 Å². The summed E-state index contributed by atoms with van der Waals surface area (Å²) < 4.78 is 18.4. The number of nitrogens with one attached hydrogen (secondary N) is 1. The highest BCUT2D eigenvalue weighted by Crippen LogP contribution is 2.35. The third kappa shape index (κ3) is 3.08. The molecule has 1 heterocycles. The molecule has 0 bridgehead atoms. The number of anilines is 2. The van der Waals surface area contributed by atoms with Gasteiger partial charge in [-0.2, -0.15) is 0 Å². The van der Waals surface area contributed by atoms with E-state index < -0.39 is 5.82 Å². The normalized spacial score (nSPS) is 13.5. The molecule has 124 valence electrons. The van der Waals surface area contributed by atoms with Gasteiger partial charge in [0.1, 0.15) is 11.6 Å². The Kier molecular flexibility index (Phi) is 4.20. The van der Waals surface area contributed by atoms with Crippen LogP contribution in [0.25, 0.3) is 0 Å². The second-order valence-electron chi connectivity index (χ2n) is 5.79. The molecule has 3 rings (SSSR count). The van der Waals surface area contributed by atoms with Gasteiger partial charge in [-0.25, -0.2) is 4.39 Å². The van der Waals surface area contributed by atoms with Crippen molar-refractivity contribution in [3.8, 4) is 5.75 Å². The van der Waals surface area contributed by atoms with Crippen LogP contribution in [0.2, 0.25) is 0 Å². The summed E-state index contributed by atoms with van der Waals surface area (Å²) in [5.74, 6) is -0.278. The first-order valence-corrected chi connectivity index (χ1v) is 7.61. The smallest absolute Gasteiger partial charge is 0.265 e. The number of benzene rings is 2. The van der Waals surface area contributed by atoms with Crippen LogP contribution in [0.3, 0.4) is 0 Å². The van der Waals surface area contributed by atoms with Crippen LogP contribution in [-0.4, -0.2) is 24.5 Å². The van der Waals surface area contributed by atoms with Crippen molar-refractivity contribution in [2.24, 2.45) is 0 Å². The minimum atomic E-state index is -0.399. The molecule has 6 heteroatoms. The maximum atomic E-state index is 12.9. The van der Waals surface area contributed by atoms with Crippen molar-refractivity contribution in [3.05, 3.63) is 53.8 Å². The topological polar surface area (TPSA) is 58.6 Å². The Hall–Kier alpha value is -2.89. The number of hydrogen-bond donors (Lipinski definition) is 1. The fourth-order valence-corrected chi connectivity index (χ4v) is 2.62. The highest BCUT2D eigenvalue weighted by Gasteiger charge is 2.28. The second kappa shape index (κ2) is 6.31. The van der Waals surface area contributed by atoms with E-state index in [9.17, 15) is 14.0 Å². The van der Waals surface area contributed by atoms with Gasteiger partial charge in [-0.3, -0.25) is 9.59 Å². The number of nitrogens with zero attached hydrogens (tertiary/aromatic N) is 1. The fourth-order valence-electron chi connectivity index (χ4n) is 2.62. The van der Waals surface area contributed by atoms with Gasteiger partial charge in [0.2, 0.25) is 0 Å². The third-order valence-corrected chi connectivity index (χ3v) is 3.72. The highest BCUT2D eigenvalue weighted by molar-refractivity contribution is 6.05. The molecule has 0 aromatic heterocycles. The summed E-state index contributed by atoms with van der Waals surface area (Å²) in [5, 5.41) is 2.75. The standard InChI is InChI=1S/C18H17FN2O3/c1-11(2)21-15-9-14(7-8-16(15)24-10-17(21)22)20-18(23)12-3-5-13(19)6-4-12/h3-9,11H,10H2,1-2H3,(H,20,23). The largest absolute Gasteiger partial charge is 0.482 e. The van der Waals surface area contributed by atoms with Crippen molar-refractivity contribution in [2.75, 3.05) is 16.8 Å². The van der Waals surface area contributed by atoms with Crippen LogP contribution in [0.1, 0.15) is 24.2 Å². The zero-order chi connectivity index (χ0) is 17.3. The van der Waals surface area contributed by atoms with Crippen LogP contribution in [0.4, 0.5) is 15.8 Å². The minimum Gasteiger partial charge on any atom is -0.482 e. The predicted molar refractivity (Wildman–Crippen MR) is 88.9 cm³/mol. The maximum absolute atomic E-state index is 12.9. The molecule has 1 N–H and O–H groups in total. The molecule has 0 fully saturated rings. The molecule has 1 aliphatic rings. The zero-order valence-electron chi connectivity index (χ0n) is 13.4. The lowest BCUT2D eigenvalue weighted by molar-refractivity contribution is -0.121. The number of amides is 2. The number of hydrogen-bond acceptors (Lipinski definition) is 3. The second-order valence-corrected chi connectivity index (χ2v) is 5.79. The van der Waals surface area contributed by atoms with Gasteiger partial charge < -0.3 is 15.0 Å². The number of rotatable bonds is 3. The van der Waals surface area contributed by atoms with Gasteiger partial charge >= 0.3 is 0 Å². The molecule has 0 spiro atoms. The van der Waals surface area contributed by atoms with E-state index in [2.05, 4.69) is 5.32 Å². The molecule has 1 aliphatic heterocycles. The van der Waals surface area contributed by atoms with Gasteiger partial charge in [0.15, 0.2) is 6.61 Å². The molecule has 0 saturated carbocycles. The Morgan fingerprint density at radius 3 is 2.58 bits per heavy atom. The zero-order valence-corrected chi connectivity index (χ0v) is 13.4. The van der Waals surface area contributed by atoms with E-state index in [0.29, 0.717) is 22.7 Å². The summed E-state index contributed by atoms with van der Waals surface area (Å²) in [6, 6.07) is 10.4. The summed E-state index contributed by atoms with van der Waals surface area (Å²) in [4.78, 5) is 25.9. The number of fused-ring (bicyclic) bond motifs is 1. The van der Waals surface area contributed by atoms with Crippen molar-refractivity contribution in [2.45, 2.75) is 19.9 Å². The monoisotopic (exact) mass is 328 g/mol.